The number of nitrogens with one attached hydrogen (secondary N) is 1. The molecule has 0 amide bonds. The molecule has 0 radical (unpaired) electrons. The largest absolute Gasteiger partial charge is 0.327 e. The highest BCUT2D eigenvalue weighted by Gasteiger charge is 2.12. The third-order valence-corrected chi connectivity index (χ3v) is 3.34. The topological polar surface area (TPSA) is 21.3 Å². The summed E-state index contributed by atoms with van der Waals surface area (Å²) in [5.74, 6) is -2.19. The van der Waals surface area contributed by atoms with Crippen molar-refractivity contribution in [1.29, 1.82) is 0 Å². The van der Waals surface area contributed by atoms with E-state index in [0.717, 1.165) is 0 Å². The molecule has 0 fully saturated rings. The lowest BCUT2D eigenvalue weighted by atomic mass is 10.4. The predicted molar refractivity (Wildman–Crippen MR) is 50.0 cm³/mol. The van der Waals surface area contributed by atoms with Crippen molar-refractivity contribution in [1.82, 2.24) is 5.09 Å². The minimum absolute atomic E-state index is 0.287. The average Bonchev–Trinajstić information content (AvgIpc) is 1.59. The SMILES string of the molecule is CCOP(=S)(Cl)NC(C)C. The number of halogens is 1. The van der Waals surface area contributed by atoms with E-state index in [0.29, 0.717) is 6.61 Å². The summed E-state index contributed by atoms with van der Waals surface area (Å²) in [6.45, 7) is 6.43. The molecule has 0 saturated heterocycles. The van der Waals surface area contributed by atoms with Crippen molar-refractivity contribution in [3.8, 4) is 0 Å². The van der Waals surface area contributed by atoms with E-state index in [9.17, 15) is 0 Å². The highest BCUT2D eigenvalue weighted by atomic mass is 35.7. The van der Waals surface area contributed by atoms with Crippen molar-refractivity contribution in [3.05, 3.63) is 0 Å². The second-order valence-corrected chi connectivity index (χ2v) is 7.23. The summed E-state index contributed by atoms with van der Waals surface area (Å²) in [6, 6.07) is 0.287. The van der Waals surface area contributed by atoms with Crippen molar-refractivity contribution in [2.75, 3.05) is 6.61 Å². The lowest BCUT2D eigenvalue weighted by Gasteiger charge is -2.17. The van der Waals surface area contributed by atoms with Crippen LogP contribution in [-0.2, 0) is 16.3 Å². The molecule has 1 N–H and O–H groups in total. The highest BCUT2D eigenvalue weighted by molar-refractivity contribution is 8.23. The Labute approximate surface area is 72.2 Å². The molecule has 0 aromatic carbocycles. The monoisotopic (exact) mass is 201 g/mol. The molecule has 0 spiro atoms. The zero-order valence-corrected chi connectivity index (χ0v) is 8.89. The van der Waals surface area contributed by atoms with Crippen LogP contribution in [0.5, 0.6) is 0 Å². The zero-order valence-electron chi connectivity index (χ0n) is 6.43. The molecule has 5 heteroatoms. The second-order valence-electron chi connectivity index (χ2n) is 2.18. The first-order valence-corrected chi connectivity index (χ1v) is 6.82. The van der Waals surface area contributed by atoms with Gasteiger partial charge in [-0.05, 0) is 43.8 Å². The molecule has 62 valence electrons. The van der Waals surface area contributed by atoms with Crippen LogP contribution in [0.2, 0.25) is 0 Å². The third-order valence-electron chi connectivity index (χ3n) is 0.708. The summed E-state index contributed by atoms with van der Waals surface area (Å²) >= 11 is 10.8. The molecule has 0 aromatic heterocycles. The molecule has 0 aromatic rings. The summed E-state index contributed by atoms with van der Waals surface area (Å²) in [4.78, 5) is 0. The molecular formula is C5H13ClNOPS. The predicted octanol–water partition coefficient (Wildman–Crippen LogP) is 2.48. The standard InChI is InChI=1S/C5H13ClNOPS/c1-4-8-9(6,10)7-5(2)3/h5H,4H2,1-3H3,(H,7,10). The van der Waals surface area contributed by atoms with E-state index in [1.54, 1.807) is 0 Å². The zero-order chi connectivity index (χ0) is 8.20. The average molecular weight is 202 g/mol. The van der Waals surface area contributed by atoms with Crippen LogP contribution in [0.25, 0.3) is 0 Å². The van der Waals surface area contributed by atoms with Gasteiger partial charge in [0.25, 0.3) is 0 Å². The van der Waals surface area contributed by atoms with E-state index in [-0.39, 0.29) is 6.04 Å². The van der Waals surface area contributed by atoms with Crippen LogP contribution in [0, 0.1) is 0 Å². The first-order chi connectivity index (χ1) is 4.48. The number of hydrogen-bond donors (Lipinski definition) is 1. The van der Waals surface area contributed by atoms with E-state index in [2.05, 4.69) is 5.09 Å². The first kappa shape index (κ1) is 10.9. The van der Waals surface area contributed by atoms with Gasteiger partial charge < -0.3 is 4.52 Å². The fraction of sp³-hybridized carbons (Fsp3) is 1.00. The molecule has 10 heavy (non-hydrogen) atoms. The van der Waals surface area contributed by atoms with Crippen LogP contribution in [0.15, 0.2) is 0 Å². The molecule has 0 aliphatic carbocycles. The van der Waals surface area contributed by atoms with Crippen LogP contribution in [0.3, 0.4) is 0 Å². The normalized spacial score (nSPS) is 17.3. The lowest BCUT2D eigenvalue weighted by Crippen LogP contribution is -2.17. The van der Waals surface area contributed by atoms with Gasteiger partial charge in [0.05, 0.1) is 6.61 Å². The van der Waals surface area contributed by atoms with Gasteiger partial charge in [-0.3, -0.25) is 5.09 Å². The maximum absolute atomic E-state index is 5.82. The highest BCUT2D eigenvalue weighted by Crippen LogP contribution is 2.48. The van der Waals surface area contributed by atoms with E-state index in [4.69, 9.17) is 27.6 Å². The minimum Gasteiger partial charge on any atom is -0.327 e. The quantitative estimate of drug-likeness (QED) is 0.707. The molecule has 2 nitrogen and oxygen atoms in total. The van der Waals surface area contributed by atoms with Gasteiger partial charge >= 0.3 is 0 Å². The van der Waals surface area contributed by atoms with Crippen molar-refractivity contribution in [3.63, 3.8) is 0 Å². The van der Waals surface area contributed by atoms with Crippen LogP contribution in [-0.4, -0.2) is 12.6 Å². The van der Waals surface area contributed by atoms with E-state index >= 15 is 0 Å². The van der Waals surface area contributed by atoms with Crippen LogP contribution in [0.4, 0.5) is 0 Å². The molecule has 0 heterocycles. The lowest BCUT2D eigenvalue weighted by molar-refractivity contribution is 0.376. The maximum atomic E-state index is 5.82. The summed E-state index contributed by atoms with van der Waals surface area (Å²) < 4.78 is 5.12. The summed E-state index contributed by atoms with van der Waals surface area (Å²) in [5, 5.41) is 2.99. The van der Waals surface area contributed by atoms with Gasteiger partial charge in [-0.2, -0.15) is 0 Å². The van der Waals surface area contributed by atoms with Crippen molar-refractivity contribution in [2.45, 2.75) is 26.8 Å². The first-order valence-electron chi connectivity index (χ1n) is 3.20. The Balaban J connectivity index is 3.75. The third kappa shape index (κ3) is 5.63. The Morgan fingerprint density at radius 1 is 1.70 bits per heavy atom. The fourth-order valence-electron chi connectivity index (χ4n) is 0.512. The fourth-order valence-corrected chi connectivity index (χ4v) is 3.36. The van der Waals surface area contributed by atoms with Crippen LogP contribution >= 0.6 is 17.0 Å². The van der Waals surface area contributed by atoms with Crippen molar-refractivity contribution >= 4 is 28.8 Å². The minimum atomic E-state index is -2.19. The van der Waals surface area contributed by atoms with E-state index < -0.39 is 5.77 Å². The van der Waals surface area contributed by atoms with Gasteiger partial charge in [-0.25, -0.2) is 0 Å². The van der Waals surface area contributed by atoms with Crippen LogP contribution in [0.1, 0.15) is 20.8 Å². The van der Waals surface area contributed by atoms with Gasteiger partial charge in [-0.15, -0.1) is 0 Å². The number of hydrogen-bond acceptors (Lipinski definition) is 2. The maximum Gasteiger partial charge on any atom is 0.219 e. The summed E-state index contributed by atoms with van der Waals surface area (Å²) in [5.41, 5.74) is 0. The van der Waals surface area contributed by atoms with Gasteiger partial charge in [0.2, 0.25) is 5.77 Å². The molecule has 0 aliphatic rings. The Bertz CT molecular complexity index is 142. The second kappa shape index (κ2) is 4.68. The van der Waals surface area contributed by atoms with Gasteiger partial charge in [0.1, 0.15) is 0 Å². The molecule has 1 atom stereocenters. The van der Waals surface area contributed by atoms with Gasteiger partial charge in [0, 0.05) is 6.04 Å². The Morgan fingerprint density at radius 2 is 2.20 bits per heavy atom. The van der Waals surface area contributed by atoms with Crippen molar-refractivity contribution < 1.29 is 4.52 Å². The molecule has 0 rings (SSSR count). The van der Waals surface area contributed by atoms with Crippen molar-refractivity contribution in [2.24, 2.45) is 0 Å². The van der Waals surface area contributed by atoms with Crippen LogP contribution < -0.4 is 5.09 Å². The number of rotatable bonds is 4. The van der Waals surface area contributed by atoms with Gasteiger partial charge in [-0.1, -0.05) is 0 Å². The Hall–Kier alpha value is 0.860. The van der Waals surface area contributed by atoms with Gasteiger partial charge in [0.15, 0.2) is 0 Å². The van der Waals surface area contributed by atoms with E-state index in [1.807, 2.05) is 20.8 Å². The smallest absolute Gasteiger partial charge is 0.219 e. The molecular weight excluding hydrogens is 189 g/mol. The molecule has 0 bridgehead atoms. The Morgan fingerprint density at radius 3 is 2.50 bits per heavy atom. The summed E-state index contributed by atoms with van der Waals surface area (Å²) in [7, 11) is 0. The molecule has 1 unspecified atom stereocenters. The molecule has 0 saturated carbocycles. The summed E-state index contributed by atoms with van der Waals surface area (Å²) in [6.07, 6.45) is 0. The molecule has 0 aliphatic heterocycles. The Kier molecular flexibility index (Phi) is 5.08. The van der Waals surface area contributed by atoms with E-state index in [1.165, 1.54) is 0 Å².